The van der Waals surface area contributed by atoms with Crippen LogP contribution in [0, 0.1) is 0 Å². The molecule has 4 rings (SSSR count). The van der Waals surface area contributed by atoms with Crippen molar-refractivity contribution in [1.29, 1.82) is 0 Å². The van der Waals surface area contributed by atoms with E-state index in [2.05, 4.69) is 10.3 Å². The molecule has 0 radical (unpaired) electrons. The Hall–Kier alpha value is -3.27. The minimum Gasteiger partial charge on any atom is -0.408 e. The van der Waals surface area contributed by atoms with Gasteiger partial charge >= 0.3 is 11.9 Å². The first-order valence-electron chi connectivity index (χ1n) is 9.23. The highest BCUT2D eigenvalue weighted by atomic mass is 19.4. The van der Waals surface area contributed by atoms with Gasteiger partial charge < -0.3 is 19.7 Å². The van der Waals surface area contributed by atoms with Crippen LogP contribution in [0.15, 0.2) is 51.7 Å². The lowest BCUT2D eigenvalue weighted by Gasteiger charge is -2.38. The van der Waals surface area contributed by atoms with Gasteiger partial charge in [0.2, 0.25) is 0 Å². The van der Waals surface area contributed by atoms with Crippen molar-refractivity contribution < 1.29 is 27.5 Å². The molecule has 1 saturated heterocycles. The maximum Gasteiger partial charge on any atom is 0.417 e. The number of oxazole rings is 1. The van der Waals surface area contributed by atoms with Crippen LogP contribution in [0.5, 0.6) is 0 Å². The smallest absolute Gasteiger partial charge is 0.408 e. The summed E-state index contributed by atoms with van der Waals surface area (Å²) >= 11 is 0. The Kier molecular flexibility index (Phi) is 4.81. The van der Waals surface area contributed by atoms with Crippen molar-refractivity contribution in [3.63, 3.8) is 0 Å². The Bertz CT molecular complexity index is 1130. The van der Waals surface area contributed by atoms with E-state index < -0.39 is 29.0 Å². The third-order valence-corrected chi connectivity index (χ3v) is 5.25. The van der Waals surface area contributed by atoms with Crippen LogP contribution in [0.3, 0.4) is 0 Å². The summed E-state index contributed by atoms with van der Waals surface area (Å²) in [4.78, 5) is 28.2. The summed E-state index contributed by atoms with van der Waals surface area (Å²) in [6, 6.07) is 9.42. The number of benzene rings is 2. The number of hydrogen-bond acceptors (Lipinski definition) is 5. The van der Waals surface area contributed by atoms with Gasteiger partial charge in [-0.2, -0.15) is 13.2 Å². The lowest BCUT2D eigenvalue weighted by Crippen LogP contribution is -2.51. The van der Waals surface area contributed by atoms with E-state index in [-0.39, 0.29) is 18.4 Å². The molecule has 0 bridgehead atoms. The highest BCUT2D eigenvalue weighted by molar-refractivity contribution is 5.98. The molecular weight excluding hydrogens is 403 g/mol. The van der Waals surface area contributed by atoms with Crippen LogP contribution in [0.1, 0.15) is 18.4 Å². The number of nitrogens with zero attached hydrogens (tertiary/aromatic N) is 1. The number of hydrogen-bond donors (Lipinski definition) is 3. The van der Waals surface area contributed by atoms with Gasteiger partial charge in [0.1, 0.15) is 5.60 Å². The van der Waals surface area contributed by atoms with E-state index in [9.17, 15) is 27.9 Å². The molecule has 7 nitrogen and oxygen atoms in total. The molecule has 1 amide bonds. The van der Waals surface area contributed by atoms with Crippen molar-refractivity contribution in [2.75, 3.05) is 23.3 Å². The minimum absolute atomic E-state index is 0.112. The van der Waals surface area contributed by atoms with Gasteiger partial charge in [-0.15, -0.1) is 0 Å². The van der Waals surface area contributed by atoms with Crippen molar-refractivity contribution in [3.8, 4) is 0 Å². The molecule has 10 heteroatoms. The van der Waals surface area contributed by atoms with Crippen LogP contribution in [-0.4, -0.2) is 34.7 Å². The molecule has 3 N–H and O–H groups in total. The van der Waals surface area contributed by atoms with E-state index in [0.29, 0.717) is 30.0 Å². The number of rotatable bonds is 3. The van der Waals surface area contributed by atoms with Crippen LogP contribution in [0.25, 0.3) is 11.1 Å². The molecule has 158 valence electrons. The number of alkyl halides is 3. The topological polar surface area (TPSA) is 98.6 Å². The van der Waals surface area contributed by atoms with Crippen LogP contribution in [0.4, 0.5) is 24.5 Å². The Labute approximate surface area is 168 Å². The molecule has 2 aromatic carbocycles. The molecule has 0 spiro atoms. The monoisotopic (exact) mass is 421 g/mol. The van der Waals surface area contributed by atoms with E-state index in [1.807, 2.05) is 4.90 Å². The van der Waals surface area contributed by atoms with Crippen molar-refractivity contribution >= 4 is 28.4 Å². The molecule has 1 fully saturated rings. The Morgan fingerprint density at radius 1 is 1.13 bits per heavy atom. The SMILES string of the molecule is O=C(Nc1ccc2[nH]c(=O)oc2c1)C1(O)CCN(c2ccc(C(F)(F)F)cc2)CC1. The maximum absolute atomic E-state index is 12.7. The molecular formula is C20H18F3N3O4. The normalized spacial score (nSPS) is 16.6. The molecule has 30 heavy (non-hydrogen) atoms. The van der Waals surface area contributed by atoms with Gasteiger partial charge in [0.15, 0.2) is 5.58 Å². The quantitative estimate of drug-likeness (QED) is 0.604. The number of aromatic nitrogens is 1. The van der Waals surface area contributed by atoms with E-state index in [0.717, 1.165) is 12.1 Å². The Balaban J connectivity index is 1.41. The standard InChI is InChI=1S/C20H18F3N3O4/c21-20(22,23)12-1-4-14(5-2-12)26-9-7-19(29,8-10-26)17(27)24-13-3-6-15-16(11-13)30-18(28)25-15/h1-6,11,29H,7-10H2,(H,24,27)(H,25,28). The fourth-order valence-corrected chi connectivity index (χ4v) is 3.49. The Morgan fingerprint density at radius 2 is 1.80 bits per heavy atom. The average Bonchev–Trinajstić information content (AvgIpc) is 3.07. The third-order valence-electron chi connectivity index (χ3n) is 5.25. The van der Waals surface area contributed by atoms with E-state index in [1.54, 1.807) is 12.1 Å². The first-order chi connectivity index (χ1) is 14.1. The molecule has 2 heterocycles. The molecule has 0 unspecified atom stereocenters. The number of aromatic amines is 1. The number of halogens is 3. The number of H-pyrrole nitrogens is 1. The second kappa shape index (κ2) is 7.21. The van der Waals surface area contributed by atoms with Gasteiger partial charge in [0.25, 0.3) is 5.91 Å². The zero-order valence-electron chi connectivity index (χ0n) is 15.6. The third kappa shape index (κ3) is 3.90. The summed E-state index contributed by atoms with van der Waals surface area (Å²) < 4.78 is 43.1. The largest absolute Gasteiger partial charge is 0.417 e. The van der Waals surface area contributed by atoms with Crippen LogP contribution in [0.2, 0.25) is 0 Å². The lowest BCUT2D eigenvalue weighted by atomic mass is 9.90. The molecule has 0 saturated carbocycles. The molecule has 1 aliphatic heterocycles. The fraction of sp³-hybridized carbons (Fsp3) is 0.300. The zero-order chi connectivity index (χ0) is 21.5. The molecule has 1 aromatic heterocycles. The summed E-state index contributed by atoms with van der Waals surface area (Å²) in [6.07, 6.45) is -4.17. The highest BCUT2D eigenvalue weighted by Crippen LogP contribution is 2.32. The van der Waals surface area contributed by atoms with Crippen molar-refractivity contribution in [1.82, 2.24) is 4.98 Å². The number of aliphatic hydroxyl groups is 1. The van der Waals surface area contributed by atoms with Crippen molar-refractivity contribution in [2.24, 2.45) is 0 Å². The number of amides is 1. The van der Waals surface area contributed by atoms with E-state index in [1.165, 1.54) is 18.2 Å². The van der Waals surface area contributed by atoms with E-state index in [4.69, 9.17) is 4.42 Å². The number of carbonyl (C=O) groups excluding carboxylic acids is 1. The number of nitrogens with one attached hydrogen (secondary N) is 2. The van der Waals surface area contributed by atoms with Gasteiger partial charge in [0, 0.05) is 43.4 Å². The average molecular weight is 421 g/mol. The Morgan fingerprint density at radius 3 is 2.43 bits per heavy atom. The second-order valence-electron chi connectivity index (χ2n) is 7.24. The number of fused-ring (bicyclic) bond motifs is 1. The van der Waals surface area contributed by atoms with Crippen LogP contribution in [-0.2, 0) is 11.0 Å². The zero-order valence-corrected chi connectivity index (χ0v) is 15.6. The van der Waals surface area contributed by atoms with Gasteiger partial charge in [-0.05, 0) is 36.4 Å². The summed E-state index contributed by atoms with van der Waals surface area (Å²) in [6.45, 7) is 0.613. The van der Waals surface area contributed by atoms with Gasteiger partial charge in [-0.1, -0.05) is 0 Å². The first kappa shape index (κ1) is 20.0. The minimum atomic E-state index is -4.40. The first-order valence-corrected chi connectivity index (χ1v) is 9.23. The number of piperidine rings is 1. The summed E-state index contributed by atoms with van der Waals surface area (Å²) in [5, 5.41) is 13.4. The molecule has 3 aromatic rings. The van der Waals surface area contributed by atoms with Gasteiger partial charge in [-0.3, -0.25) is 9.78 Å². The summed E-state index contributed by atoms with van der Waals surface area (Å²) in [5.74, 6) is -1.20. The predicted molar refractivity (Wildman–Crippen MR) is 103 cm³/mol. The highest BCUT2D eigenvalue weighted by Gasteiger charge is 2.39. The summed E-state index contributed by atoms with van der Waals surface area (Å²) in [7, 11) is 0. The summed E-state index contributed by atoms with van der Waals surface area (Å²) in [5.41, 5.74) is -0.610. The molecule has 0 atom stereocenters. The van der Waals surface area contributed by atoms with Crippen molar-refractivity contribution in [2.45, 2.75) is 24.6 Å². The fourth-order valence-electron chi connectivity index (χ4n) is 3.49. The molecule has 0 aliphatic carbocycles. The van der Waals surface area contributed by atoms with Gasteiger partial charge in [-0.25, -0.2) is 4.79 Å². The van der Waals surface area contributed by atoms with Crippen molar-refractivity contribution in [3.05, 3.63) is 58.6 Å². The van der Waals surface area contributed by atoms with Crippen LogP contribution >= 0.6 is 0 Å². The number of anilines is 2. The van der Waals surface area contributed by atoms with Crippen LogP contribution < -0.4 is 16.0 Å². The van der Waals surface area contributed by atoms with E-state index >= 15 is 0 Å². The number of carbonyl (C=O) groups is 1. The maximum atomic E-state index is 12.7. The lowest BCUT2D eigenvalue weighted by molar-refractivity contribution is -0.137. The predicted octanol–water partition coefficient (Wildman–Crippen LogP) is 3.11. The second-order valence-corrected chi connectivity index (χ2v) is 7.24. The van der Waals surface area contributed by atoms with Gasteiger partial charge in [0.05, 0.1) is 11.1 Å². The molecule has 1 aliphatic rings.